The Morgan fingerprint density at radius 2 is 1.96 bits per heavy atom. The molecule has 1 saturated carbocycles. The van der Waals surface area contributed by atoms with Crippen molar-refractivity contribution in [2.24, 2.45) is 0 Å². The molecular weight excluding hydrogens is 296 g/mol. The van der Waals surface area contributed by atoms with Crippen LogP contribution in [0.5, 0.6) is 0 Å². The van der Waals surface area contributed by atoms with Crippen molar-refractivity contribution in [2.75, 3.05) is 6.54 Å². The number of aromatic nitrogens is 1. The molecule has 0 unspecified atom stereocenters. The van der Waals surface area contributed by atoms with Gasteiger partial charge in [0, 0.05) is 29.2 Å². The van der Waals surface area contributed by atoms with Gasteiger partial charge < -0.3 is 15.0 Å². The van der Waals surface area contributed by atoms with E-state index in [-0.39, 0.29) is 6.10 Å². The molecule has 0 saturated heterocycles. The number of hydrogen-bond acceptors (Lipinski definition) is 2. The first-order valence-corrected chi connectivity index (χ1v) is 9.74. The lowest BCUT2D eigenvalue weighted by molar-refractivity contribution is 0.147. The number of fused-ring (bicyclic) bond motifs is 3. The van der Waals surface area contributed by atoms with Crippen LogP contribution in [0.25, 0.3) is 10.9 Å². The lowest BCUT2D eigenvalue weighted by Gasteiger charge is -2.20. The smallest absolute Gasteiger partial charge is 0.0843 e. The molecule has 1 atom stereocenters. The number of benzene rings is 1. The second kappa shape index (κ2) is 6.89. The van der Waals surface area contributed by atoms with Crippen molar-refractivity contribution in [1.82, 2.24) is 9.88 Å². The summed E-state index contributed by atoms with van der Waals surface area (Å²) in [5.41, 5.74) is 5.65. The molecule has 3 nitrogen and oxygen atoms in total. The van der Waals surface area contributed by atoms with Gasteiger partial charge in [-0.05, 0) is 63.1 Å². The van der Waals surface area contributed by atoms with Crippen molar-refractivity contribution in [3.8, 4) is 0 Å². The Bertz CT molecular complexity index is 712. The number of aliphatic hydroxyl groups excluding tert-OH is 1. The predicted molar refractivity (Wildman–Crippen MR) is 99.6 cm³/mol. The van der Waals surface area contributed by atoms with E-state index < -0.39 is 0 Å². The Hall–Kier alpha value is -1.32. The quantitative estimate of drug-likeness (QED) is 0.878. The molecule has 24 heavy (non-hydrogen) atoms. The third kappa shape index (κ3) is 3.12. The molecule has 4 rings (SSSR count). The molecule has 3 heteroatoms. The minimum Gasteiger partial charge on any atom is -0.390 e. The van der Waals surface area contributed by atoms with Crippen LogP contribution in [0.4, 0.5) is 0 Å². The molecule has 2 aliphatic rings. The first kappa shape index (κ1) is 16.2. The van der Waals surface area contributed by atoms with E-state index in [9.17, 15) is 5.11 Å². The summed E-state index contributed by atoms with van der Waals surface area (Å²) in [5.74, 6) is 0. The third-order valence-electron chi connectivity index (χ3n) is 5.92. The number of rotatable bonds is 5. The highest BCUT2D eigenvalue weighted by molar-refractivity contribution is 5.86. The summed E-state index contributed by atoms with van der Waals surface area (Å²) >= 11 is 0. The van der Waals surface area contributed by atoms with Gasteiger partial charge in [-0.15, -0.1) is 0 Å². The first-order chi connectivity index (χ1) is 11.7. The average molecular weight is 326 g/mol. The standard InChI is InChI=1S/C21H30N2O/c1-15-10-11-21-19(12-15)18-8-4-5-9-20(18)23(21)14-17(24)13-22-16-6-2-3-7-16/h10-12,16-17,22,24H,2-9,13-14H2,1H3/t17-/m0/s1. The second-order valence-electron chi connectivity index (χ2n) is 7.81. The highest BCUT2D eigenvalue weighted by Crippen LogP contribution is 2.33. The summed E-state index contributed by atoms with van der Waals surface area (Å²) < 4.78 is 2.41. The maximum absolute atomic E-state index is 10.6. The monoisotopic (exact) mass is 326 g/mol. The van der Waals surface area contributed by atoms with E-state index in [2.05, 4.69) is 35.0 Å². The van der Waals surface area contributed by atoms with E-state index in [4.69, 9.17) is 0 Å². The lowest BCUT2D eigenvalue weighted by Crippen LogP contribution is -2.36. The van der Waals surface area contributed by atoms with Gasteiger partial charge in [0.05, 0.1) is 12.6 Å². The van der Waals surface area contributed by atoms with E-state index >= 15 is 0 Å². The van der Waals surface area contributed by atoms with Gasteiger partial charge in [0.2, 0.25) is 0 Å². The highest BCUT2D eigenvalue weighted by Gasteiger charge is 2.22. The summed E-state index contributed by atoms with van der Waals surface area (Å²) in [7, 11) is 0. The van der Waals surface area contributed by atoms with Gasteiger partial charge in [0.15, 0.2) is 0 Å². The Balaban J connectivity index is 1.56. The van der Waals surface area contributed by atoms with E-state index in [0.29, 0.717) is 19.1 Å². The van der Waals surface area contributed by atoms with E-state index in [1.165, 1.54) is 72.7 Å². The van der Waals surface area contributed by atoms with Gasteiger partial charge in [0.1, 0.15) is 0 Å². The molecular formula is C21H30N2O. The number of aliphatic hydroxyl groups is 1. The fourth-order valence-corrected chi connectivity index (χ4v) is 4.67. The normalized spacial score (nSPS) is 19.8. The van der Waals surface area contributed by atoms with Crippen LogP contribution in [0.1, 0.15) is 55.3 Å². The minimum atomic E-state index is -0.312. The molecule has 2 N–H and O–H groups in total. The van der Waals surface area contributed by atoms with Crippen LogP contribution in [0, 0.1) is 6.92 Å². The SMILES string of the molecule is Cc1ccc2c(c1)c1c(n2C[C@@H](O)CNC2CCCC2)CCCC1. The molecule has 2 aromatic rings. The van der Waals surface area contributed by atoms with Crippen LogP contribution in [-0.4, -0.2) is 28.4 Å². The fourth-order valence-electron chi connectivity index (χ4n) is 4.67. The van der Waals surface area contributed by atoms with Gasteiger partial charge in [-0.3, -0.25) is 0 Å². The highest BCUT2D eigenvalue weighted by atomic mass is 16.3. The number of nitrogens with one attached hydrogen (secondary N) is 1. The molecule has 1 fully saturated rings. The molecule has 130 valence electrons. The summed E-state index contributed by atoms with van der Waals surface area (Å²) in [6.07, 6.45) is 9.83. The van der Waals surface area contributed by atoms with Gasteiger partial charge in [-0.25, -0.2) is 0 Å². The molecule has 1 aromatic heterocycles. The van der Waals surface area contributed by atoms with Crippen LogP contribution in [-0.2, 0) is 19.4 Å². The van der Waals surface area contributed by atoms with Crippen LogP contribution in [0.2, 0.25) is 0 Å². The first-order valence-electron chi connectivity index (χ1n) is 9.74. The average Bonchev–Trinajstić information content (AvgIpc) is 3.21. The summed E-state index contributed by atoms with van der Waals surface area (Å²) in [6.45, 7) is 3.60. The molecule has 0 bridgehead atoms. The number of hydrogen-bond donors (Lipinski definition) is 2. The third-order valence-corrected chi connectivity index (χ3v) is 5.92. The zero-order valence-corrected chi connectivity index (χ0v) is 14.9. The molecule has 2 aliphatic carbocycles. The van der Waals surface area contributed by atoms with Crippen molar-refractivity contribution >= 4 is 10.9 Å². The maximum Gasteiger partial charge on any atom is 0.0843 e. The second-order valence-corrected chi connectivity index (χ2v) is 7.81. The molecule has 1 heterocycles. The van der Waals surface area contributed by atoms with E-state index in [0.717, 1.165) is 6.42 Å². The Labute approximate surface area is 145 Å². The number of aryl methyl sites for hydroxylation is 2. The summed E-state index contributed by atoms with van der Waals surface area (Å²) in [4.78, 5) is 0. The van der Waals surface area contributed by atoms with E-state index in [1.807, 2.05) is 0 Å². The van der Waals surface area contributed by atoms with Crippen LogP contribution >= 0.6 is 0 Å². The molecule has 1 aromatic carbocycles. The Morgan fingerprint density at radius 3 is 2.79 bits per heavy atom. The maximum atomic E-state index is 10.6. The topological polar surface area (TPSA) is 37.2 Å². The van der Waals surface area contributed by atoms with Crippen molar-refractivity contribution in [3.63, 3.8) is 0 Å². The van der Waals surface area contributed by atoms with Crippen molar-refractivity contribution < 1.29 is 5.11 Å². The molecule has 0 amide bonds. The van der Waals surface area contributed by atoms with Crippen LogP contribution in [0.3, 0.4) is 0 Å². The van der Waals surface area contributed by atoms with E-state index in [1.54, 1.807) is 0 Å². The van der Waals surface area contributed by atoms with Crippen molar-refractivity contribution in [1.29, 1.82) is 0 Å². The largest absolute Gasteiger partial charge is 0.390 e. The minimum absolute atomic E-state index is 0.312. The molecule has 0 aliphatic heterocycles. The van der Waals surface area contributed by atoms with Gasteiger partial charge >= 0.3 is 0 Å². The van der Waals surface area contributed by atoms with Gasteiger partial charge in [-0.1, -0.05) is 24.5 Å². The zero-order chi connectivity index (χ0) is 16.5. The van der Waals surface area contributed by atoms with Crippen molar-refractivity contribution in [3.05, 3.63) is 35.0 Å². The van der Waals surface area contributed by atoms with Crippen LogP contribution < -0.4 is 5.32 Å². The summed E-state index contributed by atoms with van der Waals surface area (Å²) in [6, 6.07) is 7.41. The van der Waals surface area contributed by atoms with Crippen molar-refractivity contribution in [2.45, 2.75) is 77.0 Å². The predicted octanol–water partition coefficient (Wildman–Crippen LogP) is 3.72. The van der Waals surface area contributed by atoms with Gasteiger partial charge in [-0.2, -0.15) is 0 Å². The number of nitrogens with zero attached hydrogens (tertiary/aromatic N) is 1. The van der Waals surface area contributed by atoms with Gasteiger partial charge in [0.25, 0.3) is 0 Å². The molecule has 0 radical (unpaired) electrons. The summed E-state index contributed by atoms with van der Waals surface area (Å²) in [5, 5.41) is 15.6. The Kier molecular flexibility index (Phi) is 4.64. The van der Waals surface area contributed by atoms with Crippen LogP contribution in [0.15, 0.2) is 18.2 Å². The Morgan fingerprint density at radius 1 is 1.17 bits per heavy atom. The fraction of sp³-hybridized carbons (Fsp3) is 0.619. The zero-order valence-electron chi connectivity index (χ0n) is 14.9. The molecule has 0 spiro atoms. The lowest BCUT2D eigenvalue weighted by atomic mass is 9.95.